The first kappa shape index (κ1) is 10.7. The first-order chi connectivity index (χ1) is 7.27. The van der Waals surface area contributed by atoms with Crippen molar-refractivity contribution in [2.24, 2.45) is 11.8 Å². The van der Waals surface area contributed by atoms with Gasteiger partial charge in [-0.05, 0) is 18.3 Å². The third-order valence-corrected chi connectivity index (χ3v) is 3.79. The van der Waals surface area contributed by atoms with Gasteiger partial charge in [-0.3, -0.25) is 0 Å². The Labute approximate surface area is 91.7 Å². The molecule has 3 heteroatoms. The van der Waals surface area contributed by atoms with Gasteiger partial charge in [-0.25, -0.2) is 4.98 Å². The molecular formula is C12H21N3. The number of hydrogen-bond acceptors (Lipinski definition) is 2. The van der Waals surface area contributed by atoms with Gasteiger partial charge in [-0.1, -0.05) is 26.7 Å². The van der Waals surface area contributed by atoms with Crippen LogP contribution in [0, 0.1) is 11.8 Å². The highest BCUT2D eigenvalue weighted by atomic mass is 15.0. The highest BCUT2D eigenvalue weighted by Crippen LogP contribution is 2.29. The van der Waals surface area contributed by atoms with Gasteiger partial charge < -0.3 is 10.3 Å². The molecule has 1 aliphatic rings. The van der Waals surface area contributed by atoms with Crippen molar-refractivity contribution in [2.45, 2.75) is 45.7 Å². The van der Waals surface area contributed by atoms with E-state index in [0.29, 0.717) is 6.04 Å². The number of imidazole rings is 1. The van der Waals surface area contributed by atoms with Gasteiger partial charge in [-0.15, -0.1) is 0 Å². The van der Waals surface area contributed by atoms with Gasteiger partial charge in [0, 0.05) is 18.4 Å². The summed E-state index contributed by atoms with van der Waals surface area (Å²) in [5, 5.41) is 3.61. The fraction of sp³-hybridized carbons (Fsp3) is 0.750. The topological polar surface area (TPSA) is 40.7 Å². The average Bonchev–Trinajstić information content (AvgIpc) is 2.73. The second-order valence-electron chi connectivity index (χ2n) is 4.79. The predicted octanol–water partition coefficient (Wildman–Crippen LogP) is 2.32. The molecule has 0 amide bonds. The maximum atomic E-state index is 4.23. The summed E-state index contributed by atoms with van der Waals surface area (Å²) < 4.78 is 0. The molecule has 1 heterocycles. The molecule has 3 nitrogen and oxygen atoms in total. The van der Waals surface area contributed by atoms with E-state index in [1.807, 2.05) is 12.4 Å². The Balaban J connectivity index is 1.83. The van der Waals surface area contributed by atoms with Gasteiger partial charge in [0.15, 0.2) is 0 Å². The SMILES string of the molecule is C[C@H]1[C@H](C)CCC[C@@H]1NCc1ncc[nH]1. The summed E-state index contributed by atoms with van der Waals surface area (Å²) in [4.78, 5) is 7.36. The second-order valence-corrected chi connectivity index (χ2v) is 4.79. The first-order valence-electron chi connectivity index (χ1n) is 5.99. The van der Waals surface area contributed by atoms with Crippen LogP contribution in [-0.4, -0.2) is 16.0 Å². The van der Waals surface area contributed by atoms with Crippen molar-refractivity contribution in [1.82, 2.24) is 15.3 Å². The molecule has 3 atom stereocenters. The van der Waals surface area contributed by atoms with Crippen molar-refractivity contribution >= 4 is 0 Å². The van der Waals surface area contributed by atoms with Crippen LogP contribution < -0.4 is 5.32 Å². The summed E-state index contributed by atoms with van der Waals surface area (Å²) in [5.74, 6) is 2.68. The van der Waals surface area contributed by atoms with E-state index in [0.717, 1.165) is 24.2 Å². The number of aromatic nitrogens is 2. The lowest BCUT2D eigenvalue weighted by atomic mass is 9.78. The molecule has 0 unspecified atom stereocenters. The lowest BCUT2D eigenvalue weighted by molar-refractivity contribution is 0.205. The van der Waals surface area contributed by atoms with Crippen LogP contribution in [0.25, 0.3) is 0 Å². The maximum Gasteiger partial charge on any atom is 0.120 e. The molecule has 0 aliphatic heterocycles. The van der Waals surface area contributed by atoms with Crippen LogP contribution in [0.3, 0.4) is 0 Å². The first-order valence-corrected chi connectivity index (χ1v) is 5.99. The Morgan fingerprint density at radius 2 is 2.33 bits per heavy atom. The lowest BCUT2D eigenvalue weighted by Crippen LogP contribution is -2.40. The molecule has 0 bridgehead atoms. The number of aromatic amines is 1. The molecule has 1 aromatic heterocycles. The van der Waals surface area contributed by atoms with E-state index in [2.05, 4.69) is 29.1 Å². The quantitative estimate of drug-likeness (QED) is 0.798. The molecule has 84 valence electrons. The lowest BCUT2D eigenvalue weighted by Gasteiger charge is -2.34. The number of rotatable bonds is 3. The van der Waals surface area contributed by atoms with E-state index < -0.39 is 0 Å². The van der Waals surface area contributed by atoms with E-state index in [1.54, 1.807) is 0 Å². The Morgan fingerprint density at radius 1 is 1.47 bits per heavy atom. The van der Waals surface area contributed by atoms with Gasteiger partial charge in [0.25, 0.3) is 0 Å². The monoisotopic (exact) mass is 207 g/mol. The van der Waals surface area contributed by atoms with Crippen molar-refractivity contribution < 1.29 is 0 Å². The number of hydrogen-bond donors (Lipinski definition) is 2. The Kier molecular flexibility index (Phi) is 3.41. The van der Waals surface area contributed by atoms with Crippen molar-refractivity contribution in [1.29, 1.82) is 0 Å². The summed E-state index contributed by atoms with van der Waals surface area (Å²) in [6.07, 6.45) is 7.75. The van der Waals surface area contributed by atoms with Crippen LogP contribution in [0.5, 0.6) is 0 Å². The molecule has 15 heavy (non-hydrogen) atoms. The van der Waals surface area contributed by atoms with E-state index in [1.165, 1.54) is 19.3 Å². The number of H-pyrrole nitrogens is 1. The molecule has 1 fully saturated rings. The molecule has 2 N–H and O–H groups in total. The molecular weight excluding hydrogens is 186 g/mol. The zero-order valence-electron chi connectivity index (χ0n) is 9.66. The number of nitrogens with one attached hydrogen (secondary N) is 2. The zero-order valence-corrected chi connectivity index (χ0v) is 9.66. The standard InChI is InChI=1S/C12H21N3/c1-9-4-3-5-11(10(9)2)15-8-12-13-6-7-14-12/h6-7,9-11,15H,3-5,8H2,1-2H3,(H,13,14)/t9-,10+,11+/m1/s1. The van der Waals surface area contributed by atoms with Crippen LogP contribution in [-0.2, 0) is 6.54 Å². The van der Waals surface area contributed by atoms with Gasteiger partial charge >= 0.3 is 0 Å². The van der Waals surface area contributed by atoms with Crippen molar-refractivity contribution in [3.8, 4) is 0 Å². The van der Waals surface area contributed by atoms with Crippen molar-refractivity contribution in [3.63, 3.8) is 0 Å². The Bertz CT molecular complexity index is 281. The molecule has 1 aromatic rings. The summed E-state index contributed by atoms with van der Waals surface area (Å²) in [6, 6.07) is 0.666. The summed E-state index contributed by atoms with van der Waals surface area (Å²) in [5.41, 5.74) is 0. The van der Waals surface area contributed by atoms with Gasteiger partial charge in [0.1, 0.15) is 5.82 Å². The molecule has 0 radical (unpaired) electrons. The normalized spacial score (nSPS) is 31.7. The third-order valence-electron chi connectivity index (χ3n) is 3.79. The van der Waals surface area contributed by atoms with Crippen LogP contribution in [0.2, 0.25) is 0 Å². The molecule has 2 rings (SSSR count). The van der Waals surface area contributed by atoms with Crippen molar-refractivity contribution in [3.05, 3.63) is 18.2 Å². The van der Waals surface area contributed by atoms with E-state index in [4.69, 9.17) is 0 Å². The molecule has 1 aliphatic carbocycles. The molecule has 0 spiro atoms. The summed E-state index contributed by atoms with van der Waals surface area (Å²) >= 11 is 0. The number of nitrogens with zero attached hydrogens (tertiary/aromatic N) is 1. The smallest absolute Gasteiger partial charge is 0.120 e. The highest BCUT2D eigenvalue weighted by Gasteiger charge is 2.26. The van der Waals surface area contributed by atoms with E-state index in [9.17, 15) is 0 Å². The van der Waals surface area contributed by atoms with Gasteiger partial charge in [-0.2, -0.15) is 0 Å². The third kappa shape index (κ3) is 2.59. The second kappa shape index (κ2) is 4.79. The predicted molar refractivity (Wildman–Crippen MR) is 61.4 cm³/mol. The van der Waals surface area contributed by atoms with Crippen LogP contribution >= 0.6 is 0 Å². The Hall–Kier alpha value is -0.830. The van der Waals surface area contributed by atoms with Gasteiger partial charge in [0.05, 0.1) is 6.54 Å². The fourth-order valence-corrected chi connectivity index (χ4v) is 2.49. The largest absolute Gasteiger partial charge is 0.348 e. The fourth-order valence-electron chi connectivity index (χ4n) is 2.49. The molecule has 0 aromatic carbocycles. The van der Waals surface area contributed by atoms with Crippen LogP contribution in [0.1, 0.15) is 38.9 Å². The molecule has 0 saturated heterocycles. The van der Waals surface area contributed by atoms with Crippen LogP contribution in [0.15, 0.2) is 12.4 Å². The van der Waals surface area contributed by atoms with E-state index in [-0.39, 0.29) is 0 Å². The minimum Gasteiger partial charge on any atom is -0.348 e. The van der Waals surface area contributed by atoms with Crippen molar-refractivity contribution in [2.75, 3.05) is 0 Å². The minimum absolute atomic E-state index is 0.666. The maximum absolute atomic E-state index is 4.23. The zero-order chi connectivity index (χ0) is 10.7. The molecule has 1 saturated carbocycles. The average molecular weight is 207 g/mol. The van der Waals surface area contributed by atoms with Gasteiger partial charge in [0.2, 0.25) is 0 Å². The van der Waals surface area contributed by atoms with E-state index >= 15 is 0 Å². The summed E-state index contributed by atoms with van der Waals surface area (Å²) in [6.45, 7) is 5.60. The Morgan fingerprint density at radius 3 is 3.07 bits per heavy atom. The minimum atomic E-state index is 0.666. The summed E-state index contributed by atoms with van der Waals surface area (Å²) in [7, 11) is 0. The van der Waals surface area contributed by atoms with Crippen LogP contribution in [0.4, 0.5) is 0 Å². The highest BCUT2D eigenvalue weighted by molar-refractivity contribution is 4.89.